The molecule has 1 aromatic carbocycles. The monoisotopic (exact) mass is 407 g/mol. The Balaban J connectivity index is 1.43. The van der Waals surface area contributed by atoms with Gasteiger partial charge in [0.05, 0.1) is 10.6 Å². The van der Waals surface area contributed by atoms with Crippen molar-refractivity contribution in [3.05, 3.63) is 58.3 Å². The Morgan fingerprint density at radius 2 is 2.00 bits per heavy atom. The van der Waals surface area contributed by atoms with Crippen LogP contribution in [0.3, 0.4) is 0 Å². The lowest BCUT2D eigenvalue weighted by Gasteiger charge is -2.32. The number of ether oxygens (including phenoxy) is 1. The first-order valence-electron chi connectivity index (χ1n) is 8.59. The van der Waals surface area contributed by atoms with Crippen LogP contribution in [0.1, 0.15) is 23.2 Å². The number of rotatable bonds is 5. The third-order valence-electron chi connectivity index (χ3n) is 4.31. The van der Waals surface area contributed by atoms with E-state index in [1.807, 2.05) is 0 Å². The molecule has 0 unspecified atom stereocenters. The molecule has 2 heterocycles. The Hall–Kier alpha value is -2.31. The van der Waals surface area contributed by atoms with Crippen LogP contribution in [0.15, 0.2) is 42.7 Å². The maximum atomic E-state index is 12.4. The van der Waals surface area contributed by atoms with Crippen LogP contribution in [0.25, 0.3) is 0 Å². The summed E-state index contributed by atoms with van der Waals surface area (Å²) in [6, 6.07) is 8.34. The lowest BCUT2D eigenvalue weighted by molar-refractivity contribution is -0.124. The van der Waals surface area contributed by atoms with Crippen LogP contribution in [0, 0.1) is 0 Å². The molecule has 3 rings (SSSR count). The number of aromatic nitrogens is 1. The Morgan fingerprint density at radius 3 is 2.67 bits per heavy atom. The molecule has 0 aliphatic carbocycles. The predicted molar refractivity (Wildman–Crippen MR) is 103 cm³/mol. The van der Waals surface area contributed by atoms with Gasteiger partial charge in [-0.05, 0) is 43.2 Å². The predicted octanol–water partition coefficient (Wildman–Crippen LogP) is 3.19. The number of piperidine rings is 1. The second-order valence-electron chi connectivity index (χ2n) is 6.24. The van der Waals surface area contributed by atoms with Crippen molar-refractivity contribution < 1.29 is 14.3 Å². The van der Waals surface area contributed by atoms with Gasteiger partial charge in [-0.1, -0.05) is 23.2 Å². The molecule has 142 valence electrons. The van der Waals surface area contributed by atoms with Gasteiger partial charge in [-0.25, -0.2) is 0 Å². The summed E-state index contributed by atoms with van der Waals surface area (Å²) in [5, 5.41) is 3.80. The van der Waals surface area contributed by atoms with Crippen molar-refractivity contribution in [2.75, 3.05) is 19.7 Å². The van der Waals surface area contributed by atoms with Gasteiger partial charge in [0.1, 0.15) is 5.75 Å². The van der Waals surface area contributed by atoms with E-state index in [1.54, 1.807) is 47.6 Å². The molecule has 1 fully saturated rings. The second kappa shape index (κ2) is 9.06. The first kappa shape index (κ1) is 19.5. The number of benzene rings is 1. The number of hydrogen-bond acceptors (Lipinski definition) is 4. The Bertz CT molecular complexity index is 809. The first-order valence-corrected chi connectivity index (χ1v) is 9.35. The van der Waals surface area contributed by atoms with E-state index in [9.17, 15) is 9.59 Å². The summed E-state index contributed by atoms with van der Waals surface area (Å²) in [7, 11) is 0. The largest absolute Gasteiger partial charge is 0.482 e. The van der Waals surface area contributed by atoms with Crippen LogP contribution in [0.4, 0.5) is 0 Å². The number of nitrogens with zero attached hydrogens (tertiary/aromatic N) is 2. The third-order valence-corrected chi connectivity index (χ3v) is 4.84. The molecular formula is C19H19Cl2N3O3. The first-order chi connectivity index (χ1) is 13.0. The van der Waals surface area contributed by atoms with Crippen LogP contribution < -0.4 is 10.1 Å². The van der Waals surface area contributed by atoms with Crippen LogP contribution in [-0.2, 0) is 4.79 Å². The van der Waals surface area contributed by atoms with Crippen molar-refractivity contribution >= 4 is 35.0 Å². The van der Waals surface area contributed by atoms with Crippen molar-refractivity contribution in [3.63, 3.8) is 0 Å². The van der Waals surface area contributed by atoms with Crippen LogP contribution >= 0.6 is 23.2 Å². The Kier molecular flexibility index (Phi) is 6.53. The van der Waals surface area contributed by atoms with E-state index in [0.717, 1.165) is 0 Å². The summed E-state index contributed by atoms with van der Waals surface area (Å²) in [4.78, 5) is 30.3. The molecule has 6 nitrogen and oxygen atoms in total. The SMILES string of the molecule is O=C(COc1ccc(Cl)cc1Cl)NC1CCN(C(=O)c2cccnc2)CC1. The maximum Gasteiger partial charge on any atom is 0.258 e. The molecule has 2 aromatic rings. The number of likely N-dealkylation sites (tertiary alicyclic amines) is 1. The smallest absolute Gasteiger partial charge is 0.258 e. The lowest BCUT2D eigenvalue weighted by Crippen LogP contribution is -2.47. The molecule has 0 atom stereocenters. The topological polar surface area (TPSA) is 71.5 Å². The zero-order valence-corrected chi connectivity index (χ0v) is 16.0. The van der Waals surface area contributed by atoms with Gasteiger partial charge in [0.15, 0.2) is 6.61 Å². The molecule has 0 bridgehead atoms. The van der Waals surface area contributed by atoms with Crippen LogP contribution in [-0.4, -0.2) is 47.4 Å². The second-order valence-corrected chi connectivity index (χ2v) is 7.08. The van der Waals surface area contributed by atoms with Gasteiger partial charge in [-0.2, -0.15) is 0 Å². The van der Waals surface area contributed by atoms with E-state index < -0.39 is 0 Å². The van der Waals surface area contributed by atoms with Gasteiger partial charge >= 0.3 is 0 Å². The van der Waals surface area contributed by atoms with Crippen LogP contribution in [0.5, 0.6) is 5.75 Å². The number of nitrogens with one attached hydrogen (secondary N) is 1. The highest BCUT2D eigenvalue weighted by molar-refractivity contribution is 6.35. The minimum atomic E-state index is -0.224. The molecule has 0 spiro atoms. The van der Waals surface area contributed by atoms with E-state index in [4.69, 9.17) is 27.9 Å². The van der Waals surface area contributed by atoms with Gasteiger partial charge < -0.3 is 15.0 Å². The average Bonchev–Trinajstić information content (AvgIpc) is 2.68. The molecule has 1 N–H and O–H groups in total. The fourth-order valence-electron chi connectivity index (χ4n) is 2.90. The highest BCUT2D eigenvalue weighted by Gasteiger charge is 2.24. The van der Waals surface area contributed by atoms with E-state index in [1.165, 1.54) is 0 Å². The summed E-state index contributed by atoms with van der Waals surface area (Å²) in [6.45, 7) is 1.04. The molecule has 0 radical (unpaired) electrons. The molecule has 1 saturated heterocycles. The summed E-state index contributed by atoms with van der Waals surface area (Å²) in [6.07, 6.45) is 4.59. The third kappa shape index (κ3) is 5.34. The number of pyridine rings is 1. The van der Waals surface area contributed by atoms with Crippen LogP contribution in [0.2, 0.25) is 10.0 Å². The summed E-state index contributed by atoms with van der Waals surface area (Å²) >= 11 is 11.8. The summed E-state index contributed by atoms with van der Waals surface area (Å²) < 4.78 is 5.44. The standard InChI is InChI=1S/C19H19Cl2N3O3/c20-14-3-4-17(16(21)10-14)27-12-18(25)23-15-5-8-24(9-6-15)19(26)13-2-1-7-22-11-13/h1-4,7,10-11,15H,5-6,8-9,12H2,(H,23,25). The molecule has 0 saturated carbocycles. The zero-order valence-electron chi connectivity index (χ0n) is 14.5. The minimum absolute atomic E-state index is 0.0136. The minimum Gasteiger partial charge on any atom is -0.482 e. The average molecular weight is 408 g/mol. The van der Waals surface area contributed by atoms with Crippen molar-refractivity contribution in [2.45, 2.75) is 18.9 Å². The number of carbonyl (C=O) groups is 2. The normalized spacial score (nSPS) is 14.7. The Morgan fingerprint density at radius 1 is 1.22 bits per heavy atom. The number of carbonyl (C=O) groups excluding carboxylic acids is 2. The van der Waals surface area contributed by atoms with Gasteiger partial charge in [0, 0.05) is 36.5 Å². The molecule has 1 aromatic heterocycles. The lowest BCUT2D eigenvalue weighted by atomic mass is 10.0. The molecular weight excluding hydrogens is 389 g/mol. The summed E-state index contributed by atoms with van der Waals surface area (Å²) in [5.74, 6) is 0.153. The Labute approximate surface area is 167 Å². The van der Waals surface area contributed by atoms with Gasteiger partial charge in [-0.3, -0.25) is 14.6 Å². The summed E-state index contributed by atoms with van der Waals surface area (Å²) in [5.41, 5.74) is 0.577. The zero-order chi connectivity index (χ0) is 19.2. The fraction of sp³-hybridized carbons (Fsp3) is 0.316. The van der Waals surface area contributed by atoms with Crippen molar-refractivity contribution in [2.24, 2.45) is 0 Å². The van der Waals surface area contributed by atoms with Gasteiger partial charge in [0.25, 0.3) is 11.8 Å². The van der Waals surface area contributed by atoms with Crippen molar-refractivity contribution in [1.82, 2.24) is 15.2 Å². The fourth-order valence-corrected chi connectivity index (χ4v) is 3.37. The molecule has 1 aliphatic heterocycles. The van der Waals surface area contributed by atoms with E-state index in [-0.39, 0.29) is 24.5 Å². The highest BCUT2D eigenvalue weighted by Crippen LogP contribution is 2.27. The van der Waals surface area contributed by atoms with E-state index in [0.29, 0.717) is 47.3 Å². The number of hydrogen-bond donors (Lipinski definition) is 1. The molecule has 8 heteroatoms. The number of halogens is 2. The highest BCUT2D eigenvalue weighted by atomic mass is 35.5. The van der Waals surface area contributed by atoms with E-state index in [2.05, 4.69) is 10.3 Å². The van der Waals surface area contributed by atoms with Crippen molar-refractivity contribution in [3.8, 4) is 5.75 Å². The van der Waals surface area contributed by atoms with E-state index >= 15 is 0 Å². The molecule has 1 aliphatic rings. The molecule has 2 amide bonds. The maximum absolute atomic E-state index is 12.4. The van der Waals surface area contributed by atoms with Crippen molar-refractivity contribution in [1.29, 1.82) is 0 Å². The van der Waals surface area contributed by atoms with Gasteiger partial charge in [-0.15, -0.1) is 0 Å². The molecule has 27 heavy (non-hydrogen) atoms. The number of amides is 2. The van der Waals surface area contributed by atoms with Gasteiger partial charge in [0.2, 0.25) is 0 Å². The quantitative estimate of drug-likeness (QED) is 0.825.